The highest BCUT2D eigenvalue weighted by Crippen LogP contribution is 2.43. The van der Waals surface area contributed by atoms with E-state index in [0.717, 1.165) is 42.3 Å². The summed E-state index contributed by atoms with van der Waals surface area (Å²) in [5, 5.41) is 3.89. The molecule has 2 heterocycles. The van der Waals surface area contributed by atoms with E-state index in [2.05, 4.69) is 85.3 Å². The van der Waals surface area contributed by atoms with E-state index in [1.807, 2.05) is 6.07 Å². The highest BCUT2D eigenvalue weighted by molar-refractivity contribution is 6.13. The number of para-hydroxylation sites is 2. The van der Waals surface area contributed by atoms with E-state index in [1.54, 1.807) is 12.1 Å². The van der Waals surface area contributed by atoms with Crippen LogP contribution in [-0.2, 0) is 0 Å². The number of nitrogens with one attached hydrogen (secondary N) is 1. The molecular formula is C36H45FN4. The van der Waals surface area contributed by atoms with Gasteiger partial charge in [-0.1, -0.05) is 49.4 Å². The maximum atomic E-state index is 14.1. The lowest BCUT2D eigenvalue weighted by molar-refractivity contribution is 0.133. The Morgan fingerprint density at radius 3 is 2.46 bits per heavy atom. The summed E-state index contributed by atoms with van der Waals surface area (Å²) in [5.74, 6) is 1.30. The third-order valence-corrected chi connectivity index (χ3v) is 9.60. The summed E-state index contributed by atoms with van der Waals surface area (Å²) in [6.45, 7) is 12.2. The Morgan fingerprint density at radius 2 is 1.76 bits per heavy atom. The van der Waals surface area contributed by atoms with Gasteiger partial charge in [-0.3, -0.25) is 9.89 Å². The summed E-state index contributed by atoms with van der Waals surface area (Å²) in [6, 6.07) is 23.0. The number of aliphatic imine (C=N–C) groups is 1. The van der Waals surface area contributed by atoms with Crippen molar-refractivity contribution in [2.45, 2.75) is 78.0 Å². The standard InChI is InChI=1S/C36H45FN4/c1-5-25(3)38-35(30-9-8-10-31(37)22-30)32-16-15-29(21-24(32)2)26(4)40-19-17-28(18-20-40)36-39-33-11-6-7-12-34(33)41(36)23-27-13-14-27/h6-12,15-16,21-22,25-28,36,39H,5,13-14,17-20,23H2,1-4H3. The van der Waals surface area contributed by atoms with Gasteiger partial charge >= 0.3 is 0 Å². The van der Waals surface area contributed by atoms with Crippen LogP contribution in [0.2, 0.25) is 0 Å². The molecule has 216 valence electrons. The molecule has 2 aliphatic heterocycles. The van der Waals surface area contributed by atoms with Crippen LogP contribution in [0, 0.1) is 24.6 Å². The fourth-order valence-electron chi connectivity index (χ4n) is 6.69. The number of rotatable bonds is 9. The monoisotopic (exact) mass is 552 g/mol. The van der Waals surface area contributed by atoms with Crippen LogP contribution >= 0.6 is 0 Å². The number of fused-ring (bicyclic) bond motifs is 1. The zero-order valence-corrected chi connectivity index (χ0v) is 25.1. The summed E-state index contributed by atoms with van der Waals surface area (Å²) in [6.07, 6.45) is 6.54. The van der Waals surface area contributed by atoms with Gasteiger partial charge in [0, 0.05) is 35.7 Å². The highest BCUT2D eigenvalue weighted by atomic mass is 19.1. The van der Waals surface area contributed by atoms with E-state index < -0.39 is 0 Å². The number of likely N-dealkylation sites (tertiary alicyclic amines) is 1. The van der Waals surface area contributed by atoms with Gasteiger partial charge in [-0.25, -0.2) is 4.39 Å². The first-order valence-electron chi connectivity index (χ1n) is 15.7. The van der Waals surface area contributed by atoms with Gasteiger partial charge in [0.25, 0.3) is 0 Å². The molecule has 1 saturated heterocycles. The van der Waals surface area contributed by atoms with Crippen molar-refractivity contribution in [1.82, 2.24) is 4.90 Å². The number of aryl methyl sites for hydroxylation is 1. The number of halogens is 1. The summed E-state index contributed by atoms with van der Waals surface area (Å²) >= 11 is 0. The van der Waals surface area contributed by atoms with Gasteiger partial charge in [0.2, 0.25) is 0 Å². The van der Waals surface area contributed by atoms with Gasteiger partial charge in [-0.2, -0.15) is 0 Å². The van der Waals surface area contributed by atoms with Crippen molar-refractivity contribution in [1.29, 1.82) is 0 Å². The van der Waals surface area contributed by atoms with Crippen LogP contribution in [-0.4, -0.2) is 42.5 Å². The molecule has 1 N–H and O–H groups in total. The first kappa shape index (κ1) is 28.0. The van der Waals surface area contributed by atoms with Gasteiger partial charge in [0.05, 0.1) is 17.1 Å². The first-order chi connectivity index (χ1) is 19.9. The summed E-state index contributed by atoms with van der Waals surface area (Å²) < 4.78 is 14.1. The lowest BCUT2D eigenvalue weighted by atomic mass is 9.90. The minimum atomic E-state index is -0.224. The third kappa shape index (κ3) is 6.06. The molecule has 3 aromatic rings. The molecule has 3 unspecified atom stereocenters. The number of nitrogens with zero attached hydrogens (tertiary/aromatic N) is 3. The zero-order chi connectivity index (χ0) is 28.5. The maximum Gasteiger partial charge on any atom is 0.123 e. The molecule has 0 bridgehead atoms. The maximum absolute atomic E-state index is 14.1. The van der Waals surface area contributed by atoms with Crippen molar-refractivity contribution in [3.63, 3.8) is 0 Å². The van der Waals surface area contributed by atoms with Crippen molar-refractivity contribution in [3.05, 3.63) is 94.8 Å². The van der Waals surface area contributed by atoms with Crippen LogP contribution in [0.3, 0.4) is 0 Å². The second-order valence-corrected chi connectivity index (χ2v) is 12.6. The Kier molecular flexibility index (Phi) is 8.16. The molecule has 4 nitrogen and oxygen atoms in total. The minimum absolute atomic E-state index is 0.176. The average molecular weight is 553 g/mol. The average Bonchev–Trinajstić information content (AvgIpc) is 3.74. The van der Waals surface area contributed by atoms with Crippen LogP contribution in [0.4, 0.5) is 15.8 Å². The zero-order valence-electron chi connectivity index (χ0n) is 25.1. The number of piperidine rings is 1. The van der Waals surface area contributed by atoms with Gasteiger partial charge in [-0.15, -0.1) is 0 Å². The van der Waals surface area contributed by atoms with Gasteiger partial charge in [0.15, 0.2) is 0 Å². The molecule has 1 aliphatic carbocycles. The molecule has 3 aliphatic rings. The predicted octanol–water partition coefficient (Wildman–Crippen LogP) is 8.21. The van der Waals surface area contributed by atoms with Crippen LogP contribution in [0.15, 0.2) is 71.7 Å². The molecule has 0 amide bonds. The largest absolute Gasteiger partial charge is 0.363 e. The van der Waals surface area contributed by atoms with Crippen LogP contribution in [0.5, 0.6) is 0 Å². The quantitative estimate of drug-likeness (QED) is 0.271. The highest BCUT2D eigenvalue weighted by Gasteiger charge is 2.39. The molecule has 5 heteroatoms. The second kappa shape index (κ2) is 12.0. The van der Waals surface area contributed by atoms with Crippen molar-refractivity contribution < 1.29 is 4.39 Å². The molecule has 2 fully saturated rings. The van der Waals surface area contributed by atoms with Crippen LogP contribution in [0.1, 0.15) is 81.2 Å². The lowest BCUT2D eigenvalue weighted by Gasteiger charge is -2.41. The van der Waals surface area contributed by atoms with E-state index in [1.165, 1.54) is 60.8 Å². The topological polar surface area (TPSA) is 30.9 Å². The fraction of sp³-hybridized carbons (Fsp3) is 0.472. The van der Waals surface area contributed by atoms with E-state index >= 15 is 0 Å². The van der Waals surface area contributed by atoms with Crippen LogP contribution < -0.4 is 10.2 Å². The number of hydrogen-bond acceptors (Lipinski definition) is 4. The van der Waals surface area contributed by atoms with E-state index in [0.29, 0.717) is 18.1 Å². The molecule has 1 saturated carbocycles. The molecule has 3 aromatic carbocycles. The van der Waals surface area contributed by atoms with Gasteiger partial charge in [0.1, 0.15) is 12.0 Å². The smallest absolute Gasteiger partial charge is 0.123 e. The van der Waals surface area contributed by atoms with Gasteiger partial charge < -0.3 is 10.2 Å². The normalized spacial score (nSPS) is 21.4. The number of hydrogen-bond donors (Lipinski definition) is 1. The Bertz CT molecular complexity index is 1390. The van der Waals surface area contributed by atoms with E-state index in [9.17, 15) is 4.39 Å². The van der Waals surface area contributed by atoms with E-state index in [-0.39, 0.29) is 11.9 Å². The number of anilines is 2. The molecule has 41 heavy (non-hydrogen) atoms. The molecular weight excluding hydrogens is 507 g/mol. The Labute approximate surface area is 245 Å². The van der Waals surface area contributed by atoms with Crippen molar-refractivity contribution in [2.24, 2.45) is 16.8 Å². The molecule has 0 radical (unpaired) electrons. The lowest BCUT2D eigenvalue weighted by Crippen LogP contribution is -2.47. The number of benzene rings is 3. The SMILES string of the molecule is CCC(C)N=C(c1cccc(F)c1)c1ccc(C(C)N2CCC(C3Nc4ccccc4N3CC3CC3)CC2)cc1C. The summed E-state index contributed by atoms with van der Waals surface area (Å²) in [4.78, 5) is 10.3. The van der Waals surface area contributed by atoms with Crippen molar-refractivity contribution in [3.8, 4) is 0 Å². The molecule has 6 rings (SSSR count). The second-order valence-electron chi connectivity index (χ2n) is 12.6. The van der Waals surface area contributed by atoms with Gasteiger partial charge in [-0.05, 0) is 107 Å². The molecule has 0 spiro atoms. The summed E-state index contributed by atoms with van der Waals surface area (Å²) in [7, 11) is 0. The van der Waals surface area contributed by atoms with E-state index in [4.69, 9.17) is 4.99 Å². The minimum Gasteiger partial charge on any atom is -0.363 e. The first-order valence-corrected chi connectivity index (χ1v) is 15.7. The van der Waals surface area contributed by atoms with Crippen molar-refractivity contribution in [2.75, 3.05) is 29.9 Å². The van der Waals surface area contributed by atoms with Crippen LogP contribution in [0.25, 0.3) is 0 Å². The molecule has 0 aromatic heterocycles. The van der Waals surface area contributed by atoms with Crippen molar-refractivity contribution >= 4 is 17.1 Å². The third-order valence-electron chi connectivity index (χ3n) is 9.60. The molecule has 3 atom stereocenters. The summed E-state index contributed by atoms with van der Waals surface area (Å²) in [5.41, 5.74) is 8.05. The Morgan fingerprint density at radius 1 is 0.976 bits per heavy atom. The predicted molar refractivity (Wildman–Crippen MR) is 170 cm³/mol. The fourth-order valence-corrected chi connectivity index (χ4v) is 6.69. The Balaban J connectivity index is 1.15. The Hall–Kier alpha value is -3.18.